The number of carboxylic acid groups (broad SMARTS) is 1. The number of aromatic hydroxyl groups is 1. The molecule has 88 valence electrons. The Morgan fingerprint density at radius 1 is 1.38 bits per heavy atom. The van der Waals surface area contributed by atoms with Crippen LogP contribution in [0.1, 0.15) is 5.56 Å². The van der Waals surface area contributed by atoms with Crippen molar-refractivity contribution in [3.63, 3.8) is 0 Å². The van der Waals surface area contributed by atoms with E-state index in [1.807, 2.05) is 0 Å². The second-order valence-corrected chi connectivity index (χ2v) is 3.14. The molecule has 1 aromatic carbocycles. The van der Waals surface area contributed by atoms with Crippen LogP contribution in [0.15, 0.2) is 6.07 Å². The number of phenols is 1. The fourth-order valence-corrected chi connectivity index (χ4v) is 1.11. The highest BCUT2D eigenvalue weighted by atomic mass is 19.2. The van der Waals surface area contributed by atoms with Crippen LogP contribution in [-0.4, -0.2) is 22.2 Å². The first-order valence-corrected chi connectivity index (χ1v) is 4.18. The number of aliphatic carboxylic acids is 1. The number of halogens is 3. The zero-order valence-corrected chi connectivity index (χ0v) is 7.88. The monoisotopic (exact) mass is 235 g/mol. The molecule has 0 aliphatic rings. The van der Waals surface area contributed by atoms with Gasteiger partial charge in [0.05, 0.1) is 0 Å². The van der Waals surface area contributed by atoms with E-state index in [2.05, 4.69) is 0 Å². The molecule has 0 fully saturated rings. The molecule has 1 aromatic rings. The van der Waals surface area contributed by atoms with E-state index in [1.54, 1.807) is 0 Å². The fourth-order valence-electron chi connectivity index (χ4n) is 1.11. The summed E-state index contributed by atoms with van der Waals surface area (Å²) in [5.41, 5.74) is 4.54. The van der Waals surface area contributed by atoms with E-state index in [0.717, 1.165) is 0 Å². The molecular weight excluding hydrogens is 227 g/mol. The van der Waals surface area contributed by atoms with E-state index in [0.29, 0.717) is 6.07 Å². The Morgan fingerprint density at radius 2 is 1.94 bits per heavy atom. The van der Waals surface area contributed by atoms with Crippen molar-refractivity contribution in [2.75, 3.05) is 0 Å². The summed E-state index contributed by atoms with van der Waals surface area (Å²) in [6.45, 7) is 0. The molecule has 0 aliphatic carbocycles. The highest BCUT2D eigenvalue weighted by Gasteiger charge is 2.21. The van der Waals surface area contributed by atoms with Crippen LogP contribution in [0.2, 0.25) is 0 Å². The summed E-state index contributed by atoms with van der Waals surface area (Å²) in [7, 11) is 0. The number of nitrogens with two attached hydrogens (primary N) is 1. The van der Waals surface area contributed by atoms with Gasteiger partial charge in [0.2, 0.25) is 5.82 Å². The SMILES string of the molecule is N[C@@H](Cc1cc(F)c(O)c(F)c1F)C(=O)O. The van der Waals surface area contributed by atoms with Crippen molar-refractivity contribution >= 4 is 5.97 Å². The molecule has 0 unspecified atom stereocenters. The minimum absolute atomic E-state index is 0.510. The zero-order chi connectivity index (χ0) is 12.5. The molecule has 0 bridgehead atoms. The van der Waals surface area contributed by atoms with Crippen LogP contribution >= 0.6 is 0 Å². The van der Waals surface area contributed by atoms with Gasteiger partial charge in [-0.1, -0.05) is 0 Å². The molecule has 0 amide bonds. The van der Waals surface area contributed by atoms with Crippen molar-refractivity contribution in [2.24, 2.45) is 5.73 Å². The molecule has 0 spiro atoms. The summed E-state index contributed by atoms with van der Waals surface area (Å²) < 4.78 is 38.8. The lowest BCUT2D eigenvalue weighted by Crippen LogP contribution is -2.32. The van der Waals surface area contributed by atoms with Gasteiger partial charge >= 0.3 is 5.97 Å². The molecule has 0 aliphatic heterocycles. The normalized spacial score (nSPS) is 12.5. The van der Waals surface area contributed by atoms with Crippen LogP contribution in [0.5, 0.6) is 5.75 Å². The summed E-state index contributed by atoms with van der Waals surface area (Å²) in [4.78, 5) is 10.4. The van der Waals surface area contributed by atoms with Gasteiger partial charge in [-0.3, -0.25) is 4.79 Å². The van der Waals surface area contributed by atoms with E-state index >= 15 is 0 Å². The third-order valence-electron chi connectivity index (χ3n) is 1.97. The van der Waals surface area contributed by atoms with E-state index in [1.165, 1.54) is 0 Å². The van der Waals surface area contributed by atoms with E-state index in [4.69, 9.17) is 15.9 Å². The van der Waals surface area contributed by atoms with Gasteiger partial charge in [-0.2, -0.15) is 4.39 Å². The smallest absolute Gasteiger partial charge is 0.320 e. The van der Waals surface area contributed by atoms with Crippen LogP contribution in [0, 0.1) is 17.5 Å². The van der Waals surface area contributed by atoms with Crippen molar-refractivity contribution in [2.45, 2.75) is 12.5 Å². The molecule has 7 heteroatoms. The van der Waals surface area contributed by atoms with Crippen LogP contribution in [-0.2, 0) is 11.2 Å². The second kappa shape index (κ2) is 4.40. The van der Waals surface area contributed by atoms with Gasteiger partial charge in [-0.15, -0.1) is 0 Å². The molecular formula is C9H8F3NO3. The lowest BCUT2D eigenvalue weighted by molar-refractivity contribution is -0.138. The summed E-state index contributed by atoms with van der Waals surface area (Å²) in [6, 6.07) is -0.964. The quantitative estimate of drug-likeness (QED) is 0.675. The molecule has 1 rings (SSSR count). The van der Waals surface area contributed by atoms with Crippen LogP contribution in [0.25, 0.3) is 0 Å². The molecule has 4 nitrogen and oxygen atoms in total. The maximum atomic E-state index is 13.1. The number of hydrogen-bond donors (Lipinski definition) is 3. The van der Waals surface area contributed by atoms with Gasteiger partial charge in [0.1, 0.15) is 6.04 Å². The van der Waals surface area contributed by atoms with Gasteiger partial charge in [-0.25, -0.2) is 8.78 Å². The van der Waals surface area contributed by atoms with E-state index < -0.39 is 47.2 Å². The number of hydrogen-bond acceptors (Lipinski definition) is 3. The van der Waals surface area contributed by atoms with Gasteiger partial charge in [-0.05, 0) is 11.6 Å². The Kier molecular flexibility index (Phi) is 3.38. The van der Waals surface area contributed by atoms with Crippen molar-refractivity contribution in [1.29, 1.82) is 0 Å². The van der Waals surface area contributed by atoms with Gasteiger partial charge in [0.15, 0.2) is 17.4 Å². The number of carboxylic acids is 1. The summed E-state index contributed by atoms with van der Waals surface area (Å²) in [5, 5.41) is 17.2. The van der Waals surface area contributed by atoms with Crippen molar-refractivity contribution in [1.82, 2.24) is 0 Å². The molecule has 0 heterocycles. The average molecular weight is 235 g/mol. The maximum Gasteiger partial charge on any atom is 0.320 e. The topological polar surface area (TPSA) is 83.5 Å². The van der Waals surface area contributed by atoms with Crippen LogP contribution in [0.4, 0.5) is 13.2 Å². The largest absolute Gasteiger partial charge is 0.503 e. The van der Waals surface area contributed by atoms with E-state index in [9.17, 15) is 18.0 Å². The summed E-state index contributed by atoms with van der Waals surface area (Å²) in [6.07, 6.45) is -0.574. The minimum atomic E-state index is -1.76. The van der Waals surface area contributed by atoms with Gasteiger partial charge in [0.25, 0.3) is 0 Å². The lowest BCUT2D eigenvalue weighted by atomic mass is 10.1. The molecule has 4 N–H and O–H groups in total. The van der Waals surface area contributed by atoms with Crippen LogP contribution in [0.3, 0.4) is 0 Å². The van der Waals surface area contributed by atoms with Gasteiger partial charge < -0.3 is 15.9 Å². The highest BCUT2D eigenvalue weighted by molar-refractivity contribution is 5.73. The zero-order valence-electron chi connectivity index (χ0n) is 7.88. The maximum absolute atomic E-state index is 13.1. The third-order valence-corrected chi connectivity index (χ3v) is 1.97. The molecule has 0 saturated heterocycles. The molecule has 1 atom stereocenters. The Hall–Kier alpha value is -1.76. The fraction of sp³-hybridized carbons (Fsp3) is 0.222. The highest BCUT2D eigenvalue weighted by Crippen LogP contribution is 2.25. The second-order valence-electron chi connectivity index (χ2n) is 3.14. The molecule has 0 saturated carbocycles. The minimum Gasteiger partial charge on any atom is -0.503 e. The van der Waals surface area contributed by atoms with Crippen LogP contribution < -0.4 is 5.73 Å². The average Bonchev–Trinajstić information content (AvgIpc) is 2.22. The Bertz CT molecular complexity index is 436. The molecule has 0 radical (unpaired) electrons. The first-order valence-electron chi connectivity index (χ1n) is 4.18. The standard InChI is InChI=1S/C9H8F3NO3/c10-4-1-3(2-5(13)9(15)16)6(11)7(12)8(4)14/h1,5,14H,2,13H2,(H,15,16)/t5-/m0/s1. The Morgan fingerprint density at radius 3 is 2.44 bits per heavy atom. The third kappa shape index (κ3) is 2.25. The summed E-state index contributed by atoms with van der Waals surface area (Å²) >= 11 is 0. The Balaban J connectivity index is 3.11. The Labute approximate surface area is 88.1 Å². The predicted octanol–water partition coefficient (Wildman–Crippen LogP) is 0.764. The molecule has 0 aromatic heterocycles. The first-order chi connectivity index (χ1) is 7.34. The number of benzene rings is 1. The van der Waals surface area contributed by atoms with Crippen molar-refractivity contribution in [3.05, 3.63) is 29.1 Å². The number of rotatable bonds is 3. The van der Waals surface area contributed by atoms with Crippen molar-refractivity contribution in [3.8, 4) is 5.75 Å². The number of phenolic OH excluding ortho intramolecular Hbond substituents is 1. The predicted molar refractivity (Wildman–Crippen MR) is 47.3 cm³/mol. The van der Waals surface area contributed by atoms with Crippen molar-refractivity contribution < 1.29 is 28.2 Å². The van der Waals surface area contributed by atoms with E-state index in [-0.39, 0.29) is 0 Å². The number of carbonyl (C=O) groups is 1. The lowest BCUT2D eigenvalue weighted by Gasteiger charge is -2.09. The first kappa shape index (κ1) is 12.3. The molecule has 16 heavy (non-hydrogen) atoms. The van der Waals surface area contributed by atoms with Gasteiger partial charge in [0, 0.05) is 6.42 Å². The summed E-state index contributed by atoms with van der Waals surface area (Å²) in [5.74, 6) is -7.49.